The highest BCUT2D eigenvalue weighted by Gasteiger charge is 2.15. The molecule has 0 atom stereocenters. The number of carbonyl (C=O) groups excluding carboxylic acids is 1. The fraction of sp³-hybridized carbons (Fsp3) is 0.0556. The zero-order valence-corrected chi connectivity index (χ0v) is 13.4. The lowest BCUT2D eigenvalue weighted by Gasteiger charge is -2.05. The number of nitrogens with zero attached hydrogens (tertiary/aromatic N) is 2. The number of carbonyl (C=O) groups is 1. The molecule has 0 amide bonds. The Bertz CT molecular complexity index is 1060. The van der Waals surface area contributed by atoms with E-state index in [1.807, 2.05) is 48.5 Å². The molecule has 0 saturated carbocycles. The second-order valence-electron chi connectivity index (χ2n) is 5.29. The molecule has 0 bridgehead atoms. The number of hydrogen-bond donors (Lipinski definition) is 1. The molecule has 0 spiro atoms. The van der Waals surface area contributed by atoms with Crippen LogP contribution in [0.2, 0.25) is 0 Å². The van der Waals surface area contributed by atoms with Crippen molar-refractivity contribution < 1.29 is 4.79 Å². The Kier molecular flexibility index (Phi) is 3.66. The molecule has 0 aliphatic carbocycles. The van der Waals surface area contributed by atoms with Gasteiger partial charge in [-0.05, 0) is 12.1 Å². The first-order chi connectivity index (χ1) is 11.7. The number of H-pyrrole nitrogens is 1. The van der Waals surface area contributed by atoms with Crippen molar-refractivity contribution in [3.05, 3.63) is 71.1 Å². The molecule has 0 saturated heterocycles. The average Bonchev–Trinajstić information content (AvgIpc) is 2.94. The molecule has 6 heteroatoms. The van der Waals surface area contributed by atoms with Gasteiger partial charge >= 0.3 is 0 Å². The number of aromatic amines is 1. The molecule has 2 heterocycles. The van der Waals surface area contributed by atoms with Gasteiger partial charge in [0.15, 0.2) is 5.16 Å². The number of fused-ring (bicyclic) bond motifs is 3. The molecule has 0 unspecified atom stereocenters. The summed E-state index contributed by atoms with van der Waals surface area (Å²) >= 11 is 1.22. The third-order valence-corrected chi connectivity index (χ3v) is 4.68. The zero-order valence-electron chi connectivity index (χ0n) is 12.6. The van der Waals surface area contributed by atoms with Crippen LogP contribution in [0.5, 0.6) is 0 Å². The van der Waals surface area contributed by atoms with Crippen LogP contribution < -0.4 is 5.56 Å². The molecule has 4 aromatic rings. The van der Waals surface area contributed by atoms with Gasteiger partial charge in [0, 0.05) is 23.0 Å². The Morgan fingerprint density at radius 1 is 1.00 bits per heavy atom. The fourth-order valence-electron chi connectivity index (χ4n) is 2.81. The molecule has 4 rings (SSSR count). The largest absolute Gasteiger partial charge is 0.301 e. The smallest absolute Gasteiger partial charge is 0.251 e. The predicted molar refractivity (Wildman–Crippen MR) is 95.7 cm³/mol. The minimum Gasteiger partial charge on any atom is -0.301 e. The Labute approximate surface area is 141 Å². The van der Waals surface area contributed by atoms with Crippen LogP contribution in [0.1, 0.15) is 4.79 Å². The fourth-order valence-corrected chi connectivity index (χ4v) is 3.51. The van der Waals surface area contributed by atoms with Gasteiger partial charge in [-0.2, -0.15) is 0 Å². The Morgan fingerprint density at radius 3 is 2.25 bits per heavy atom. The van der Waals surface area contributed by atoms with Gasteiger partial charge in [0.05, 0.1) is 16.8 Å². The van der Waals surface area contributed by atoms with Gasteiger partial charge < -0.3 is 4.98 Å². The number of aromatic nitrogens is 3. The molecule has 5 nitrogen and oxygen atoms in total. The van der Waals surface area contributed by atoms with Crippen LogP contribution in [0.3, 0.4) is 0 Å². The monoisotopic (exact) mass is 335 g/mol. The van der Waals surface area contributed by atoms with Crippen LogP contribution in [0, 0.1) is 0 Å². The van der Waals surface area contributed by atoms with Crippen LogP contribution in [0.25, 0.3) is 21.8 Å². The summed E-state index contributed by atoms with van der Waals surface area (Å²) in [6.45, 7) is 0. The van der Waals surface area contributed by atoms with Crippen LogP contribution >= 0.6 is 11.8 Å². The summed E-state index contributed by atoms with van der Waals surface area (Å²) in [6.07, 6.45) is 1.44. The highest BCUT2D eigenvalue weighted by atomic mass is 32.2. The number of rotatable bonds is 3. The summed E-state index contributed by atoms with van der Waals surface area (Å²) in [5, 5.41) is 2.55. The summed E-state index contributed by atoms with van der Waals surface area (Å²) in [5.74, 6) is 0.138. The van der Waals surface area contributed by atoms with Gasteiger partial charge in [0.2, 0.25) is 5.91 Å². The van der Waals surface area contributed by atoms with Gasteiger partial charge in [-0.3, -0.25) is 14.2 Å². The maximum Gasteiger partial charge on any atom is 0.251 e. The first-order valence-corrected chi connectivity index (χ1v) is 8.42. The van der Waals surface area contributed by atoms with Crippen molar-refractivity contribution in [2.24, 2.45) is 0 Å². The van der Waals surface area contributed by atoms with Crippen molar-refractivity contribution in [3.63, 3.8) is 0 Å². The molecule has 1 N–H and O–H groups in total. The van der Waals surface area contributed by atoms with Crippen molar-refractivity contribution in [1.29, 1.82) is 0 Å². The molecule has 118 valence electrons. The maximum atomic E-state index is 12.8. The summed E-state index contributed by atoms with van der Waals surface area (Å²) in [7, 11) is 0. The Morgan fingerprint density at radius 2 is 1.62 bits per heavy atom. The molecule has 2 aromatic heterocycles. The van der Waals surface area contributed by atoms with E-state index in [4.69, 9.17) is 0 Å². The lowest BCUT2D eigenvalue weighted by molar-refractivity contribution is 0.0951. The van der Waals surface area contributed by atoms with E-state index in [-0.39, 0.29) is 17.2 Å². The van der Waals surface area contributed by atoms with E-state index in [1.54, 1.807) is 4.57 Å². The van der Waals surface area contributed by atoms with Crippen molar-refractivity contribution in [1.82, 2.24) is 14.5 Å². The van der Waals surface area contributed by atoms with Crippen LogP contribution in [-0.4, -0.2) is 26.2 Å². The first kappa shape index (κ1) is 14.7. The zero-order chi connectivity index (χ0) is 16.5. The molecule has 24 heavy (non-hydrogen) atoms. The van der Waals surface area contributed by atoms with Crippen LogP contribution in [-0.2, 0) is 0 Å². The second-order valence-corrected chi connectivity index (χ2v) is 6.26. The minimum atomic E-state index is -0.225. The van der Waals surface area contributed by atoms with Gasteiger partial charge in [-0.25, -0.2) is 4.98 Å². The summed E-state index contributed by atoms with van der Waals surface area (Å²) in [5.41, 5.74) is 1.55. The van der Waals surface area contributed by atoms with E-state index in [1.165, 1.54) is 24.0 Å². The molecular formula is C18H13N3O2S. The van der Waals surface area contributed by atoms with Crippen LogP contribution in [0.15, 0.2) is 70.7 Å². The van der Waals surface area contributed by atoms with E-state index >= 15 is 0 Å². The molecule has 0 aliphatic heterocycles. The number of thioether (sulfide) groups is 1. The van der Waals surface area contributed by atoms with E-state index in [2.05, 4.69) is 9.97 Å². The molecule has 2 aromatic carbocycles. The third-order valence-electron chi connectivity index (χ3n) is 3.81. The van der Waals surface area contributed by atoms with Gasteiger partial charge in [0.1, 0.15) is 0 Å². The summed E-state index contributed by atoms with van der Waals surface area (Å²) in [6, 6.07) is 17.1. The standard InChI is InChI=1S/C18H13N3O2S/c22-16-9-10-19-18(20-16)24-11-17(23)21-14-7-3-1-5-12(14)13-6-2-4-8-15(13)21/h1-10H,11H2,(H,19,20,22). The van der Waals surface area contributed by atoms with E-state index in [0.29, 0.717) is 5.16 Å². The third kappa shape index (κ3) is 2.51. The van der Waals surface area contributed by atoms with Crippen molar-refractivity contribution in [2.75, 3.05) is 5.75 Å². The molecule has 0 aliphatic rings. The number of para-hydroxylation sites is 2. The topological polar surface area (TPSA) is 67.8 Å². The molecule has 0 radical (unpaired) electrons. The van der Waals surface area contributed by atoms with Gasteiger partial charge in [-0.15, -0.1) is 0 Å². The van der Waals surface area contributed by atoms with Crippen molar-refractivity contribution in [3.8, 4) is 0 Å². The summed E-state index contributed by atoms with van der Waals surface area (Å²) in [4.78, 5) is 30.8. The summed E-state index contributed by atoms with van der Waals surface area (Å²) < 4.78 is 1.73. The van der Waals surface area contributed by atoms with Gasteiger partial charge in [-0.1, -0.05) is 48.2 Å². The second kappa shape index (κ2) is 5.98. The van der Waals surface area contributed by atoms with E-state index in [9.17, 15) is 9.59 Å². The van der Waals surface area contributed by atoms with Crippen molar-refractivity contribution in [2.45, 2.75) is 5.16 Å². The number of hydrogen-bond acceptors (Lipinski definition) is 4. The predicted octanol–water partition coefficient (Wildman–Crippen LogP) is 3.31. The number of nitrogens with one attached hydrogen (secondary N) is 1. The molecule has 0 fully saturated rings. The SMILES string of the molecule is O=C(CSc1nccc(=O)[nH]1)n1c2ccccc2c2ccccc21. The average molecular weight is 335 g/mol. The lowest BCUT2D eigenvalue weighted by atomic mass is 10.2. The minimum absolute atomic E-state index is 0.0519. The first-order valence-electron chi connectivity index (χ1n) is 7.43. The molecular weight excluding hydrogens is 322 g/mol. The number of benzene rings is 2. The Hall–Kier alpha value is -2.86. The van der Waals surface area contributed by atoms with Gasteiger partial charge in [0.25, 0.3) is 5.56 Å². The highest BCUT2D eigenvalue weighted by molar-refractivity contribution is 7.99. The van der Waals surface area contributed by atoms with Crippen LogP contribution in [0.4, 0.5) is 0 Å². The Balaban J connectivity index is 1.74. The van der Waals surface area contributed by atoms with E-state index in [0.717, 1.165) is 21.8 Å². The normalized spacial score (nSPS) is 11.2. The highest BCUT2D eigenvalue weighted by Crippen LogP contribution is 2.29. The quantitative estimate of drug-likeness (QED) is 0.461. The lowest BCUT2D eigenvalue weighted by Crippen LogP contribution is -2.14. The van der Waals surface area contributed by atoms with E-state index < -0.39 is 0 Å². The van der Waals surface area contributed by atoms with Crippen molar-refractivity contribution >= 4 is 39.5 Å². The maximum absolute atomic E-state index is 12.8.